The molecule has 1 aliphatic rings. The van der Waals surface area contributed by atoms with Crippen molar-refractivity contribution >= 4 is 16.8 Å². The van der Waals surface area contributed by atoms with Crippen LogP contribution >= 0.6 is 0 Å². The highest BCUT2D eigenvalue weighted by Gasteiger charge is 2.18. The van der Waals surface area contributed by atoms with Gasteiger partial charge >= 0.3 is 0 Å². The lowest BCUT2D eigenvalue weighted by Crippen LogP contribution is -2.41. The topological polar surface area (TPSA) is 67.5 Å². The third kappa shape index (κ3) is 5.85. The van der Waals surface area contributed by atoms with Gasteiger partial charge in [-0.2, -0.15) is 0 Å². The van der Waals surface area contributed by atoms with Crippen LogP contribution in [0.3, 0.4) is 0 Å². The summed E-state index contributed by atoms with van der Waals surface area (Å²) in [6.45, 7) is 6.48. The largest absolute Gasteiger partial charge is 0.370 e. The molecule has 18 heavy (non-hydrogen) atoms. The molecule has 0 aromatic carbocycles. The summed E-state index contributed by atoms with van der Waals surface area (Å²) >= 11 is 0. The minimum atomic E-state index is -0.851. The molecule has 1 fully saturated rings. The number of hydrogen-bond acceptors (Lipinski definition) is 2. The predicted octanol–water partition coefficient (Wildman–Crippen LogP) is 1.77. The van der Waals surface area contributed by atoms with Gasteiger partial charge in [0.1, 0.15) is 0 Å². The van der Waals surface area contributed by atoms with Crippen LogP contribution in [0.15, 0.2) is 4.99 Å². The SMILES string of the molecule is CC(C)(C)S(=O)CCN=C(N)NC1CCCCC1. The first-order valence-corrected chi connectivity index (χ1v) is 8.16. The third-order valence-corrected chi connectivity index (χ3v) is 5.12. The van der Waals surface area contributed by atoms with E-state index in [1.807, 2.05) is 20.8 Å². The van der Waals surface area contributed by atoms with Gasteiger partial charge in [0.15, 0.2) is 5.96 Å². The van der Waals surface area contributed by atoms with Gasteiger partial charge in [-0.3, -0.25) is 9.20 Å². The first kappa shape index (κ1) is 15.5. The Morgan fingerprint density at radius 3 is 2.50 bits per heavy atom. The Hall–Kier alpha value is -0.580. The first-order chi connectivity index (χ1) is 8.39. The van der Waals surface area contributed by atoms with Crippen molar-refractivity contribution in [3.05, 3.63) is 0 Å². The summed E-state index contributed by atoms with van der Waals surface area (Å²) in [6, 6.07) is 0.482. The lowest BCUT2D eigenvalue weighted by molar-refractivity contribution is 0.412. The molecule has 0 heterocycles. The molecular weight excluding hydrogens is 246 g/mol. The van der Waals surface area contributed by atoms with Crippen molar-refractivity contribution in [1.29, 1.82) is 0 Å². The summed E-state index contributed by atoms with van der Waals surface area (Å²) in [5.41, 5.74) is 5.84. The lowest BCUT2D eigenvalue weighted by Gasteiger charge is -2.23. The molecule has 1 unspecified atom stereocenters. The average molecular weight is 273 g/mol. The van der Waals surface area contributed by atoms with Crippen LogP contribution < -0.4 is 11.1 Å². The Morgan fingerprint density at radius 2 is 1.94 bits per heavy atom. The first-order valence-electron chi connectivity index (χ1n) is 6.84. The van der Waals surface area contributed by atoms with Crippen LogP contribution in [0.5, 0.6) is 0 Å². The van der Waals surface area contributed by atoms with E-state index in [9.17, 15) is 4.21 Å². The van der Waals surface area contributed by atoms with Gasteiger partial charge in [-0.25, -0.2) is 0 Å². The summed E-state index contributed by atoms with van der Waals surface area (Å²) in [5.74, 6) is 1.09. The molecule has 1 atom stereocenters. The van der Waals surface area contributed by atoms with Gasteiger partial charge in [-0.1, -0.05) is 19.3 Å². The molecule has 1 saturated carbocycles. The van der Waals surface area contributed by atoms with Gasteiger partial charge in [0.2, 0.25) is 0 Å². The van der Waals surface area contributed by atoms with E-state index in [2.05, 4.69) is 10.3 Å². The fourth-order valence-electron chi connectivity index (χ4n) is 2.06. The maximum Gasteiger partial charge on any atom is 0.188 e. The van der Waals surface area contributed by atoms with Crippen LogP contribution in [-0.4, -0.2) is 33.3 Å². The van der Waals surface area contributed by atoms with Crippen LogP contribution in [0.1, 0.15) is 52.9 Å². The fourth-order valence-corrected chi connectivity index (χ4v) is 2.93. The van der Waals surface area contributed by atoms with Gasteiger partial charge in [0.05, 0.1) is 6.54 Å². The van der Waals surface area contributed by atoms with E-state index in [1.54, 1.807) is 0 Å². The van der Waals surface area contributed by atoms with Gasteiger partial charge in [-0.15, -0.1) is 0 Å². The second-order valence-electron chi connectivity index (χ2n) is 5.91. The monoisotopic (exact) mass is 273 g/mol. The highest BCUT2D eigenvalue weighted by Crippen LogP contribution is 2.17. The molecule has 0 saturated heterocycles. The van der Waals surface area contributed by atoms with Crippen molar-refractivity contribution in [2.75, 3.05) is 12.3 Å². The Bertz CT molecular complexity index is 304. The van der Waals surface area contributed by atoms with Crippen molar-refractivity contribution in [3.8, 4) is 0 Å². The van der Waals surface area contributed by atoms with Crippen LogP contribution in [0.4, 0.5) is 0 Å². The van der Waals surface area contributed by atoms with Crippen LogP contribution in [0.25, 0.3) is 0 Å². The minimum absolute atomic E-state index is 0.166. The predicted molar refractivity (Wildman–Crippen MR) is 79.3 cm³/mol. The normalized spacial score (nSPS) is 20.7. The second kappa shape index (κ2) is 7.12. The number of rotatable bonds is 4. The summed E-state index contributed by atoms with van der Waals surface area (Å²) in [7, 11) is -0.851. The molecule has 0 bridgehead atoms. The van der Waals surface area contributed by atoms with E-state index in [1.165, 1.54) is 32.1 Å². The van der Waals surface area contributed by atoms with E-state index in [0.717, 1.165) is 0 Å². The van der Waals surface area contributed by atoms with Gasteiger partial charge in [0.25, 0.3) is 0 Å². The van der Waals surface area contributed by atoms with Crippen LogP contribution in [0, 0.1) is 0 Å². The number of nitrogens with one attached hydrogen (secondary N) is 1. The molecule has 1 aliphatic carbocycles. The van der Waals surface area contributed by atoms with Gasteiger partial charge < -0.3 is 11.1 Å². The Labute approximate surface area is 113 Å². The molecule has 0 aliphatic heterocycles. The van der Waals surface area contributed by atoms with Crippen molar-refractivity contribution in [2.45, 2.75) is 63.7 Å². The van der Waals surface area contributed by atoms with Crippen molar-refractivity contribution in [1.82, 2.24) is 5.32 Å². The fraction of sp³-hybridized carbons (Fsp3) is 0.923. The number of nitrogens with zero attached hydrogens (tertiary/aromatic N) is 1. The summed E-state index contributed by atoms with van der Waals surface area (Å²) < 4.78 is 11.7. The average Bonchev–Trinajstić information content (AvgIpc) is 2.28. The lowest BCUT2D eigenvalue weighted by atomic mass is 9.96. The van der Waals surface area contributed by atoms with Crippen molar-refractivity contribution < 1.29 is 4.21 Å². The zero-order chi connectivity index (χ0) is 13.6. The molecule has 5 heteroatoms. The van der Waals surface area contributed by atoms with E-state index < -0.39 is 10.8 Å². The maximum atomic E-state index is 11.8. The number of aliphatic imine (C=N–C) groups is 1. The molecule has 1 rings (SSSR count). The number of guanidine groups is 1. The van der Waals surface area contributed by atoms with E-state index in [4.69, 9.17) is 5.73 Å². The molecule has 106 valence electrons. The summed E-state index contributed by atoms with van der Waals surface area (Å²) in [5, 5.41) is 3.26. The zero-order valence-electron chi connectivity index (χ0n) is 11.9. The number of nitrogens with two attached hydrogens (primary N) is 1. The molecule has 3 N–H and O–H groups in total. The molecule has 0 aromatic rings. The molecule has 0 aromatic heterocycles. The molecular formula is C13H27N3OS. The highest BCUT2D eigenvalue weighted by molar-refractivity contribution is 7.86. The Balaban J connectivity index is 2.27. The van der Waals surface area contributed by atoms with Gasteiger partial charge in [0, 0.05) is 27.3 Å². The molecule has 0 radical (unpaired) electrons. The van der Waals surface area contributed by atoms with Gasteiger partial charge in [-0.05, 0) is 33.6 Å². The summed E-state index contributed by atoms with van der Waals surface area (Å²) in [4.78, 5) is 4.26. The molecule has 0 spiro atoms. The van der Waals surface area contributed by atoms with Crippen molar-refractivity contribution in [3.63, 3.8) is 0 Å². The highest BCUT2D eigenvalue weighted by atomic mass is 32.2. The molecule has 0 amide bonds. The third-order valence-electron chi connectivity index (χ3n) is 3.20. The quantitative estimate of drug-likeness (QED) is 0.606. The van der Waals surface area contributed by atoms with Crippen LogP contribution in [0.2, 0.25) is 0 Å². The Kier molecular flexibility index (Phi) is 6.12. The Morgan fingerprint density at radius 1 is 1.33 bits per heavy atom. The molecule has 4 nitrogen and oxygen atoms in total. The standard InChI is InChI=1S/C13H27N3OS/c1-13(2,3)18(17)10-9-15-12(14)16-11-7-5-4-6-8-11/h11H,4-10H2,1-3H3,(H3,14,15,16). The maximum absolute atomic E-state index is 11.8. The van der Waals surface area contributed by atoms with E-state index >= 15 is 0 Å². The van der Waals surface area contributed by atoms with Crippen LogP contribution in [-0.2, 0) is 10.8 Å². The zero-order valence-corrected chi connectivity index (χ0v) is 12.7. The van der Waals surface area contributed by atoms with Crippen molar-refractivity contribution in [2.24, 2.45) is 10.7 Å². The second-order valence-corrected chi connectivity index (χ2v) is 8.23. The summed E-state index contributed by atoms with van der Waals surface area (Å²) in [6.07, 6.45) is 6.26. The minimum Gasteiger partial charge on any atom is -0.370 e. The van der Waals surface area contributed by atoms with E-state index in [0.29, 0.717) is 24.3 Å². The van der Waals surface area contributed by atoms with E-state index in [-0.39, 0.29) is 4.75 Å². The number of hydrogen-bond donors (Lipinski definition) is 2. The smallest absolute Gasteiger partial charge is 0.188 e.